The van der Waals surface area contributed by atoms with Crippen LogP contribution in [-0.2, 0) is 0 Å². The number of aromatic hydroxyl groups is 1. The number of aliphatic hydroxyl groups excluding tert-OH is 1. The SMILES string of the molecule is Nc1c(O)cccc1C(O)C1CCCN1. The monoisotopic (exact) mass is 208 g/mol. The summed E-state index contributed by atoms with van der Waals surface area (Å²) in [6, 6.07) is 5.01. The van der Waals surface area contributed by atoms with Crippen molar-refractivity contribution in [2.24, 2.45) is 0 Å². The van der Waals surface area contributed by atoms with Crippen LogP contribution >= 0.6 is 0 Å². The summed E-state index contributed by atoms with van der Waals surface area (Å²) < 4.78 is 0. The van der Waals surface area contributed by atoms with Gasteiger partial charge in [0.2, 0.25) is 0 Å². The minimum Gasteiger partial charge on any atom is -0.506 e. The quantitative estimate of drug-likeness (QED) is 0.427. The summed E-state index contributed by atoms with van der Waals surface area (Å²) in [5.41, 5.74) is 6.60. The Balaban J connectivity index is 2.24. The fourth-order valence-electron chi connectivity index (χ4n) is 2.03. The summed E-state index contributed by atoms with van der Waals surface area (Å²) in [5.74, 6) is 0.0320. The summed E-state index contributed by atoms with van der Waals surface area (Å²) in [6.45, 7) is 0.931. The van der Waals surface area contributed by atoms with Crippen molar-refractivity contribution in [2.45, 2.75) is 25.0 Å². The summed E-state index contributed by atoms with van der Waals surface area (Å²) in [7, 11) is 0. The highest BCUT2D eigenvalue weighted by atomic mass is 16.3. The lowest BCUT2D eigenvalue weighted by Gasteiger charge is -2.20. The molecule has 1 aromatic carbocycles. The number of rotatable bonds is 2. The van der Waals surface area contributed by atoms with Gasteiger partial charge in [-0.05, 0) is 25.5 Å². The molecule has 2 rings (SSSR count). The third-order valence-corrected chi connectivity index (χ3v) is 2.92. The van der Waals surface area contributed by atoms with Gasteiger partial charge >= 0.3 is 0 Å². The van der Waals surface area contributed by atoms with Gasteiger partial charge in [0, 0.05) is 11.6 Å². The molecule has 4 nitrogen and oxygen atoms in total. The van der Waals surface area contributed by atoms with Crippen molar-refractivity contribution < 1.29 is 10.2 Å². The topological polar surface area (TPSA) is 78.5 Å². The Bertz CT molecular complexity index is 348. The number of phenols is 1. The van der Waals surface area contributed by atoms with E-state index in [-0.39, 0.29) is 17.5 Å². The van der Waals surface area contributed by atoms with E-state index in [2.05, 4.69) is 5.32 Å². The number of benzene rings is 1. The highest BCUT2D eigenvalue weighted by Crippen LogP contribution is 2.32. The zero-order valence-corrected chi connectivity index (χ0v) is 8.48. The molecule has 0 spiro atoms. The predicted molar refractivity (Wildman–Crippen MR) is 58.5 cm³/mol. The molecule has 2 atom stereocenters. The van der Waals surface area contributed by atoms with E-state index < -0.39 is 6.10 Å². The average molecular weight is 208 g/mol. The molecule has 1 aliphatic rings. The molecule has 1 heterocycles. The Morgan fingerprint density at radius 3 is 2.93 bits per heavy atom. The van der Waals surface area contributed by atoms with E-state index in [0.29, 0.717) is 5.56 Å². The van der Waals surface area contributed by atoms with Crippen molar-refractivity contribution >= 4 is 5.69 Å². The standard InChI is InChI=1S/C11H16N2O2/c12-10-7(3-1-5-9(10)14)11(15)8-4-2-6-13-8/h1,3,5,8,11,13-15H,2,4,6,12H2. The maximum Gasteiger partial charge on any atom is 0.138 e. The van der Waals surface area contributed by atoms with Gasteiger partial charge in [-0.1, -0.05) is 12.1 Å². The first kappa shape index (κ1) is 10.3. The van der Waals surface area contributed by atoms with Gasteiger partial charge in [0.15, 0.2) is 0 Å². The van der Waals surface area contributed by atoms with E-state index in [1.807, 2.05) is 0 Å². The third-order valence-electron chi connectivity index (χ3n) is 2.92. The zero-order valence-electron chi connectivity index (χ0n) is 8.48. The normalized spacial score (nSPS) is 22.9. The molecule has 0 radical (unpaired) electrons. The van der Waals surface area contributed by atoms with E-state index in [9.17, 15) is 10.2 Å². The first-order valence-corrected chi connectivity index (χ1v) is 5.19. The van der Waals surface area contributed by atoms with Gasteiger partial charge in [-0.15, -0.1) is 0 Å². The number of nitrogens with two attached hydrogens (primary N) is 1. The Labute approximate surface area is 88.7 Å². The number of nitrogens with one attached hydrogen (secondary N) is 1. The molecule has 0 amide bonds. The molecule has 1 fully saturated rings. The molecule has 4 heteroatoms. The van der Waals surface area contributed by atoms with Crippen LogP contribution in [0.5, 0.6) is 5.75 Å². The van der Waals surface area contributed by atoms with Crippen LogP contribution in [-0.4, -0.2) is 22.8 Å². The lowest BCUT2D eigenvalue weighted by molar-refractivity contribution is 0.138. The molecule has 0 aromatic heterocycles. The van der Waals surface area contributed by atoms with Gasteiger partial charge in [0.05, 0.1) is 11.8 Å². The average Bonchev–Trinajstić information content (AvgIpc) is 2.74. The maximum absolute atomic E-state index is 10.1. The van der Waals surface area contributed by atoms with E-state index >= 15 is 0 Å². The molecular weight excluding hydrogens is 192 g/mol. The molecule has 1 aliphatic heterocycles. The van der Waals surface area contributed by atoms with E-state index in [1.54, 1.807) is 12.1 Å². The second-order valence-corrected chi connectivity index (χ2v) is 3.93. The lowest BCUT2D eigenvalue weighted by atomic mass is 9.99. The van der Waals surface area contributed by atoms with E-state index in [0.717, 1.165) is 19.4 Å². The van der Waals surface area contributed by atoms with Crippen molar-refractivity contribution in [1.82, 2.24) is 5.32 Å². The Hall–Kier alpha value is -1.26. The van der Waals surface area contributed by atoms with Crippen LogP contribution in [0.25, 0.3) is 0 Å². The van der Waals surface area contributed by atoms with E-state index in [4.69, 9.17) is 5.73 Å². The molecule has 2 unspecified atom stereocenters. The molecule has 82 valence electrons. The summed E-state index contributed by atoms with van der Waals surface area (Å²) in [4.78, 5) is 0. The molecule has 1 saturated heterocycles. The van der Waals surface area contributed by atoms with Crippen LogP contribution in [0.2, 0.25) is 0 Å². The highest BCUT2D eigenvalue weighted by Gasteiger charge is 2.25. The molecule has 0 aliphatic carbocycles. The molecular formula is C11H16N2O2. The fraction of sp³-hybridized carbons (Fsp3) is 0.455. The number of nitrogen functional groups attached to an aromatic ring is 1. The van der Waals surface area contributed by atoms with Gasteiger partial charge in [-0.3, -0.25) is 0 Å². The Morgan fingerprint density at radius 1 is 1.47 bits per heavy atom. The molecule has 0 bridgehead atoms. The van der Waals surface area contributed by atoms with E-state index in [1.165, 1.54) is 6.07 Å². The van der Waals surface area contributed by atoms with Gasteiger partial charge in [-0.2, -0.15) is 0 Å². The maximum atomic E-state index is 10.1. The van der Waals surface area contributed by atoms with Crippen LogP contribution in [0.4, 0.5) is 5.69 Å². The zero-order chi connectivity index (χ0) is 10.8. The molecule has 15 heavy (non-hydrogen) atoms. The van der Waals surface area contributed by atoms with Gasteiger partial charge in [-0.25, -0.2) is 0 Å². The number of anilines is 1. The van der Waals surface area contributed by atoms with Gasteiger partial charge < -0.3 is 21.3 Å². The minimum atomic E-state index is -0.639. The fourth-order valence-corrected chi connectivity index (χ4v) is 2.03. The second kappa shape index (κ2) is 4.08. The largest absolute Gasteiger partial charge is 0.506 e. The van der Waals surface area contributed by atoms with Crippen LogP contribution in [0.15, 0.2) is 18.2 Å². The molecule has 1 aromatic rings. The van der Waals surface area contributed by atoms with Gasteiger partial charge in [0.25, 0.3) is 0 Å². The summed E-state index contributed by atoms with van der Waals surface area (Å²) in [5, 5.41) is 22.7. The molecule has 0 saturated carbocycles. The van der Waals surface area contributed by atoms with Crippen molar-refractivity contribution in [2.75, 3.05) is 12.3 Å². The Kier molecular flexibility index (Phi) is 2.79. The summed E-state index contributed by atoms with van der Waals surface area (Å²) in [6.07, 6.45) is 1.37. The summed E-state index contributed by atoms with van der Waals surface area (Å²) >= 11 is 0. The number of aliphatic hydroxyl groups is 1. The first-order chi connectivity index (χ1) is 7.20. The Morgan fingerprint density at radius 2 is 2.27 bits per heavy atom. The van der Waals surface area contributed by atoms with Crippen molar-refractivity contribution in [3.63, 3.8) is 0 Å². The first-order valence-electron chi connectivity index (χ1n) is 5.19. The number of phenolic OH excluding ortho intramolecular Hbond substituents is 1. The third kappa shape index (κ3) is 1.91. The molecule has 5 N–H and O–H groups in total. The number of hydrogen-bond donors (Lipinski definition) is 4. The van der Waals surface area contributed by atoms with Crippen LogP contribution in [0.1, 0.15) is 24.5 Å². The smallest absolute Gasteiger partial charge is 0.138 e. The minimum absolute atomic E-state index is 0.0320. The predicted octanol–water partition coefficient (Wildman–Crippen LogP) is 0.760. The van der Waals surface area contributed by atoms with Crippen LogP contribution < -0.4 is 11.1 Å². The highest BCUT2D eigenvalue weighted by molar-refractivity contribution is 5.58. The van der Waals surface area contributed by atoms with Gasteiger partial charge in [0.1, 0.15) is 5.75 Å². The van der Waals surface area contributed by atoms with Crippen molar-refractivity contribution in [3.8, 4) is 5.75 Å². The number of para-hydroxylation sites is 1. The van der Waals surface area contributed by atoms with Crippen LogP contribution in [0, 0.1) is 0 Å². The lowest BCUT2D eigenvalue weighted by Crippen LogP contribution is -2.29. The van der Waals surface area contributed by atoms with Crippen LogP contribution in [0.3, 0.4) is 0 Å². The number of hydrogen-bond acceptors (Lipinski definition) is 4. The van der Waals surface area contributed by atoms with Crippen molar-refractivity contribution in [3.05, 3.63) is 23.8 Å². The second-order valence-electron chi connectivity index (χ2n) is 3.93. The van der Waals surface area contributed by atoms with Crippen molar-refractivity contribution in [1.29, 1.82) is 0 Å².